The van der Waals surface area contributed by atoms with Crippen molar-refractivity contribution in [1.29, 1.82) is 0 Å². The quantitative estimate of drug-likeness (QED) is 0.122. The smallest absolute Gasteiger partial charge is 0.343 e. The summed E-state index contributed by atoms with van der Waals surface area (Å²) in [6, 6.07) is 0. The molecule has 0 unspecified atom stereocenters. The summed E-state index contributed by atoms with van der Waals surface area (Å²) in [5.41, 5.74) is 0.245. The van der Waals surface area contributed by atoms with Crippen molar-refractivity contribution in [3.05, 3.63) is 11.1 Å². The molecular formula is C22H40O4. The lowest BCUT2D eigenvalue weighted by molar-refractivity contribution is -0.140. The zero-order chi connectivity index (χ0) is 19.6. The first-order valence-corrected chi connectivity index (χ1v) is 10.7. The summed E-state index contributed by atoms with van der Waals surface area (Å²) >= 11 is 0. The Morgan fingerprint density at radius 1 is 0.538 bits per heavy atom. The van der Waals surface area contributed by atoms with E-state index in [0.29, 0.717) is 18.4 Å². The van der Waals surface area contributed by atoms with Gasteiger partial charge in [0.2, 0.25) is 0 Å². The molecule has 0 atom stereocenters. The molecule has 0 rings (SSSR count). The average molecular weight is 369 g/mol. The summed E-state index contributed by atoms with van der Waals surface area (Å²) in [6.45, 7) is 4.39. The van der Waals surface area contributed by atoms with Crippen LogP contribution < -0.4 is 0 Å². The van der Waals surface area contributed by atoms with E-state index in [1.165, 1.54) is 51.4 Å². The molecule has 0 saturated carbocycles. The lowest BCUT2D eigenvalue weighted by Gasteiger charge is -2.11. The number of rotatable bonds is 18. The van der Waals surface area contributed by atoms with E-state index < -0.39 is 11.9 Å². The van der Waals surface area contributed by atoms with Gasteiger partial charge in [0.15, 0.2) is 0 Å². The van der Waals surface area contributed by atoms with Crippen LogP contribution in [0.15, 0.2) is 11.1 Å². The molecule has 0 aromatic heterocycles. The van der Waals surface area contributed by atoms with Crippen LogP contribution in [0.25, 0.3) is 0 Å². The largest absolute Gasteiger partial charge is 0.477 e. The van der Waals surface area contributed by atoms with Gasteiger partial charge in [0.05, 0.1) is 0 Å². The summed E-state index contributed by atoms with van der Waals surface area (Å²) < 4.78 is 0. The molecule has 0 aromatic carbocycles. The number of carbonyl (C=O) groups is 2. The van der Waals surface area contributed by atoms with E-state index >= 15 is 0 Å². The van der Waals surface area contributed by atoms with Gasteiger partial charge in [0.25, 0.3) is 0 Å². The standard InChI is InChI=1S/C22H40O4/c1-3-5-7-9-11-13-15-17-19(20(21(23)24)22(25)26)18-16-14-12-10-8-6-4-2/h3-18H2,1-2H3,(H,23,24)(H,25,26). The Morgan fingerprint density at radius 3 is 1.15 bits per heavy atom. The number of carboxylic acid groups (broad SMARTS) is 2. The van der Waals surface area contributed by atoms with Crippen molar-refractivity contribution < 1.29 is 19.8 Å². The van der Waals surface area contributed by atoms with Crippen LogP contribution >= 0.6 is 0 Å². The van der Waals surface area contributed by atoms with Crippen LogP contribution in [0, 0.1) is 0 Å². The van der Waals surface area contributed by atoms with Crippen molar-refractivity contribution in [2.24, 2.45) is 0 Å². The Hall–Kier alpha value is -1.32. The molecule has 0 heterocycles. The highest BCUT2D eigenvalue weighted by atomic mass is 16.4. The van der Waals surface area contributed by atoms with Crippen LogP contribution in [0.2, 0.25) is 0 Å². The molecular weight excluding hydrogens is 328 g/mol. The highest BCUT2D eigenvalue weighted by molar-refractivity contribution is 6.13. The van der Waals surface area contributed by atoms with Gasteiger partial charge in [-0.05, 0) is 31.3 Å². The highest BCUT2D eigenvalue weighted by Gasteiger charge is 2.21. The number of carboxylic acids is 2. The molecule has 0 spiro atoms. The molecule has 2 N–H and O–H groups in total. The lowest BCUT2D eigenvalue weighted by Crippen LogP contribution is -2.14. The van der Waals surface area contributed by atoms with Gasteiger partial charge < -0.3 is 10.2 Å². The van der Waals surface area contributed by atoms with Crippen molar-refractivity contribution in [3.63, 3.8) is 0 Å². The van der Waals surface area contributed by atoms with Gasteiger partial charge in [-0.25, -0.2) is 9.59 Å². The molecule has 0 amide bonds. The molecule has 0 aliphatic carbocycles. The van der Waals surface area contributed by atoms with E-state index in [0.717, 1.165) is 38.5 Å². The van der Waals surface area contributed by atoms with Crippen LogP contribution in [0.1, 0.15) is 117 Å². The minimum atomic E-state index is -1.29. The predicted octanol–water partition coefficient (Wildman–Crippen LogP) is 6.73. The Morgan fingerprint density at radius 2 is 0.846 bits per heavy atom. The summed E-state index contributed by atoms with van der Waals surface area (Å²) in [5, 5.41) is 18.5. The maximum Gasteiger partial charge on any atom is 0.343 e. The van der Waals surface area contributed by atoms with Gasteiger partial charge in [-0.15, -0.1) is 0 Å². The second-order valence-corrected chi connectivity index (χ2v) is 7.33. The first-order chi connectivity index (χ1) is 12.5. The van der Waals surface area contributed by atoms with Crippen molar-refractivity contribution in [1.82, 2.24) is 0 Å². The monoisotopic (exact) mass is 368 g/mol. The van der Waals surface area contributed by atoms with Crippen LogP contribution in [-0.4, -0.2) is 22.2 Å². The molecule has 0 saturated heterocycles. The lowest BCUT2D eigenvalue weighted by atomic mass is 9.95. The van der Waals surface area contributed by atoms with Crippen LogP contribution in [0.4, 0.5) is 0 Å². The van der Waals surface area contributed by atoms with Crippen molar-refractivity contribution >= 4 is 11.9 Å². The van der Waals surface area contributed by atoms with Crippen LogP contribution in [-0.2, 0) is 9.59 Å². The van der Waals surface area contributed by atoms with Crippen LogP contribution in [0.5, 0.6) is 0 Å². The van der Waals surface area contributed by atoms with Gasteiger partial charge in [-0.2, -0.15) is 0 Å². The number of hydrogen-bond acceptors (Lipinski definition) is 2. The zero-order valence-electron chi connectivity index (χ0n) is 17.0. The second-order valence-electron chi connectivity index (χ2n) is 7.33. The first kappa shape index (κ1) is 24.7. The van der Waals surface area contributed by atoms with E-state index in [9.17, 15) is 19.8 Å². The molecule has 26 heavy (non-hydrogen) atoms. The topological polar surface area (TPSA) is 74.6 Å². The third kappa shape index (κ3) is 13.0. The van der Waals surface area contributed by atoms with Crippen LogP contribution in [0.3, 0.4) is 0 Å². The van der Waals surface area contributed by atoms with Crippen molar-refractivity contribution in [2.75, 3.05) is 0 Å². The molecule has 0 radical (unpaired) electrons. The number of hydrogen-bond donors (Lipinski definition) is 2. The number of aliphatic carboxylic acids is 2. The molecule has 0 bridgehead atoms. The van der Waals surface area contributed by atoms with Gasteiger partial charge in [0.1, 0.15) is 5.57 Å². The van der Waals surface area contributed by atoms with Gasteiger partial charge in [-0.1, -0.05) is 90.9 Å². The van der Waals surface area contributed by atoms with E-state index in [1.807, 2.05) is 0 Å². The van der Waals surface area contributed by atoms with E-state index in [2.05, 4.69) is 13.8 Å². The fourth-order valence-electron chi connectivity index (χ4n) is 3.36. The van der Waals surface area contributed by atoms with E-state index in [-0.39, 0.29) is 5.57 Å². The Labute approximate surface area is 160 Å². The second kappa shape index (κ2) is 17.1. The number of allylic oxidation sites excluding steroid dienone is 1. The Balaban J connectivity index is 4.38. The Kier molecular flexibility index (Phi) is 16.2. The average Bonchev–Trinajstić information content (AvgIpc) is 2.59. The minimum absolute atomic E-state index is 0.387. The fraction of sp³-hybridized carbons (Fsp3) is 0.818. The first-order valence-electron chi connectivity index (χ1n) is 10.7. The summed E-state index contributed by atoms with van der Waals surface area (Å²) in [6.07, 6.45) is 17.4. The highest BCUT2D eigenvalue weighted by Crippen LogP contribution is 2.22. The molecule has 4 heteroatoms. The molecule has 4 nitrogen and oxygen atoms in total. The molecule has 0 aliphatic heterocycles. The summed E-state index contributed by atoms with van der Waals surface area (Å²) in [5.74, 6) is -2.59. The fourth-order valence-corrected chi connectivity index (χ4v) is 3.36. The SMILES string of the molecule is CCCCCCCCCC(CCCCCCCCC)=C(C(=O)O)C(=O)O. The molecule has 152 valence electrons. The normalized spacial score (nSPS) is 10.7. The van der Waals surface area contributed by atoms with Crippen molar-refractivity contribution in [3.8, 4) is 0 Å². The summed E-state index contributed by atoms with van der Waals surface area (Å²) in [4.78, 5) is 22.7. The van der Waals surface area contributed by atoms with Crippen molar-refractivity contribution in [2.45, 2.75) is 117 Å². The Bertz CT molecular complexity index is 376. The third-order valence-corrected chi connectivity index (χ3v) is 4.95. The van der Waals surface area contributed by atoms with E-state index in [4.69, 9.17) is 0 Å². The molecule has 0 aliphatic rings. The minimum Gasteiger partial charge on any atom is -0.477 e. The molecule has 0 aromatic rings. The summed E-state index contributed by atoms with van der Waals surface area (Å²) in [7, 11) is 0. The molecule has 0 fully saturated rings. The maximum absolute atomic E-state index is 11.4. The maximum atomic E-state index is 11.4. The van der Waals surface area contributed by atoms with Gasteiger partial charge in [0, 0.05) is 0 Å². The van der Waals surface area contributed by atoms with Gasteiger partial charge >= 0.3 is 11.9 Å². The van der Waals surface area contributed by atoms with Gasteiger partial charge in [-0.3, -0.25) is 0 Å². The van der Waals surface area contributed by atoms with E-state index in [1.54, 1.807) is 0 Å². The predicted molar refractivity (Wildman–Crippen MR) is 108 cm³/mol. The zero-order valence-corrected chi connectivity index (χ0v) is 17.0. The third-order valence-electron chi connectivity index (χ3n) is 4.95. The number of unbranched alkanes of at least 4 members (excludes halogenated alkanes) is 12.